The minimum Gasteiger partial charge on any atom is -0.373 e. The highest BCUT2D eigenvalue weighted by Crippen LogP contribution is 2.47. The third-order valence-electron chi connectivity index (χ3n) is 2.87. The highest BCUT2D eigenvalue weighted by Gasteiger charge is 2.56. The van der Waals surface area contributed by atoms with Crippen LogP contribution in [0.4, 0.5) is 0 Å². The fourth-order valence-electron chi connectivity index (χ4n) is 2.05. The first-order valence-corrected chi connectivity index (χ1v) is 4.83. The van der Waals surface area contributed by atoms with Crippen LogP contribution in [-0.2, 0) is 9.84 Å². The molecule has 12 heavy (non-hydrogen) atoms. The van der Waals surface area contributed by atoms with E-state index in [9.17, 15) is 5.11 Å². The summed E-state index contributed by atoms with van der Waals surface area (Å²) in [7, 11) is 0. The molecule has 1 aliphatic carbocycles. The molecule has 1 saturated heterocycles. The van der Waals surface area contributed by atoms with Gasteiger partial charge in [-0.1, -0.05) is 0 Å². The van der Waals surface area contributed by atoms with E-state index in [-0.39, 0.29) is 12.2 Å². The first-order chi connectivity index (χ1) is 5.87. The zero-order valence-corrected chi connectivity index (χ0v) is 7.34. The Morgan fingerprint density at radius 2 is 2.50 bits per heavy atom. The Balaban J connectivity index is 1.66. The Morgan fingerprint density at radius 1 is 1.58 bits per heavy atom. The summed E-state index contributed by atoms with van der Waals surface area (Å²) in [6, 6.07) is 0.548. The SMILES string of the molecule is [O]CCCNC1CC12CCCO2. The van der Waals surface area contributed by atoms with Crippen molar-refractivity contribution in [2.45, 2.75) is 37.3 Å². The van der Waals surface area contributed by atoms with Gasteiger partial charge in [0.15, 0.2) is 0 Å². The largest absolute Gasteiger partial charge is 0.373 e. The van der Waals surface area contributed by atoms with Crippen molar-refractivity contribution >= 4 is 0 Å². The summed E-state index contributed by atoms with van der Waals surface area (Å²) in [5.41, 5.74) is 0.197. The third-order valence-corrected chi connectivity index (χ3v) is 2.87. The molecular formula is C9H16NO2. The molecule has 3 heteroatoms. The van der Waals surface area contributed by atoms with Gasteiger partial charge in [0.1, 0.15) is 0 Å². The molecule has 1 saturated carbocycles. The lowest BCUT2D eigenvalue weighted by Crippen LogP contribution is -2.27. The first kappa shape index (κ1) is 8.48. The van der Waals surface area contributed by atoms with Gasteiger partial charge in [-0.15, -0.1) is 0 Å². The Labute approximate surface area is 73.1 Å². The van der Waals surface area contributed by atoms with Crippen molar-refractivity contribution < 1.29 is 9.84 Å². The molecule has 3 nitrogen and oxygen atoms in total. The summed E-state index contributed by atoms with van der Waals surface area (Å²) in [6.45, 7) is 1.83. The molecule has 2 rings (SSSR count). The van der Waals surface area contributed by atoms with Crippen molar-refractivity contribution in [2.24, 2.45) is 0 Å². The van der Waals surface area contributed by atoms with Crippen molar-refractivity contribution in [3.8, 4) is 0 Å². The van der Waals surface area contributed by atoms with E-state index in [1.807, 2.05) is 0 Å². The number of ether oxygens (including phenoxy) is 1. The van der Waals surface area contributed by atoms with Crippen molar-refractivity contribution in [3.63, 3.8) is 0 Å². The van der Waals surface area contributed by atoms with Crippen LogP contribution in [0.15, 0.2) is 0 Å². The van der Waals surface area contributed by atoms with Crippen LogP contribution in [0.5, 0.6) is 0 Å². The van der Waals surface area contributed by atoms with Crippen molar-refractivity contribution in [3.05, 3.63) is 0 Å². The Kier molecular flexibility index (Phi) is 2.35. The van der Waals surface area contributed by atoms with Gasteiger partial charge in [0.2, 0.25) is 0 Å². The maximum atomic E-state index is 10.2. The summed E-state index contributed by atoms with van der Waals surface area (Å²) >= 11 is 0. The van der Waals surface area contributed by atoms with Crippen LogP contribution in [0.3, 0.4) is 0 Å². The van der Waals surface area contributed by atoms with E-state index in [0.29, 0.717) is 6.04 Å². The Morgan fingerprint density at radius 3 is 3.17 bits per heavy atom. The molecule has 0 aromatic rings. The maximum Gasteiger partial charge on any atom is 0.0852 e. The average molecular weight is 170 g/mol. The van der Waals surface area contributed by atoms with E-state index >= 15 is 0 Å². The summed E-state index contributed by atoms with van der Waals surface area (Å²) in [6.07, 6.45) is 4.32. The molecule has 2 unspecified atom stereocenters. The van der Waals surface area contributed by atoms with Gasteiger partial charge in [-0.05, 0) is 32.2 Å². The second-order valence-electron chi connectivity index (χ2n) is 3.79. The first-order valence-electron chi connectivity index (χ1n) is 4.83. The summed E-state index contributed by atoms with van der Waals surface area (Å²) in [5.74, 6) is 0. The van der Waals surface area contributed by atoms with E-state index < -0.39 is 0 Å². The van der Waals surface area contributed by atoms with Crippen LogP contribution in [-0.4, -0.2) is 31.4 Å². The predicted octanol–water partition coefficient (Wildman–Crippen LogP) is 0.718. The molecule has 1 spiro atoms. The van der Waals surface area contributed by atoms with Gasteiger partial charge < -0.3 is 10.1 Å². The quantitative estimate of drug-likeness (QED) is 0.631. The van der Waals surface area contributed by atoms with E-state index in [1.54, 1.807) is 0 Å². The highest BCUT2D eigenvalue weighted by atomic mass is 16.5. The van der Waals surface area contributed by atoms with Crippen LogP contribution in [0.25, 0.3) is 0 Å². The number of nitrogens with one attached hydrogen (secondary N) is 1. The Bertz CT molecular complexity index is 155. The van der Waals surface area contributed by atoms with E-state index in [0.717, 1.165) is 26.0 Å². The third kappa shape index (κ3) is 1.49. The van der Waals surface area contributed by atoms with Crippen LogP contribution in [0.2, 0.25) is 0 Å². The standard InChI is InChI=1S/C9H16NO2/c11-5-2-4-10-8-7-9(8)3-1-6-12-9/h8,10H,1-7H2. The molecular weight excluding hydrogens is 154 g/mol. The van der Waals surface area contributed by atoms with E-state index in [1.165, 1.54) is 12.8 Å². The van der Waals surface area contributed by atoms with Gasteiger partial charge in [-0.3, -0.25) is 0 Å². The molecule has 0 aromatic carbocycles. The molecule has 2 fully saturated rings. The van der Waals surface area contributed by atoms with Crippen LogP contribution < -0.4 is 5.32 Å². The topological polar surface area (TPSA) is 41.2 Å². The lowest BCUT2D eigenvalue weighted by Gasteiger charge is -2.08. The predicted molar refractivity (Wildman–Crippen MR) is 44.5 cm³/mol. The second kappa shape index (κ2) is 3.32. The molecule has 69 valence electrons. The zero-order valence-electron chi connectivity index (χ0n) is 7.34. The van der Waals surface area contributed by atoms with Crippen molar-refractivity contribution in [1.29, 1.82) is 0 Å². The van der Waals surface area contributed by atoms with Crippen molar-refractivity contribution in [1.82, 2.24) is 5.32 Å². The molecule has 1 radical (unpaired) electrons. The van der Waals surface area contributed by atoms with Gasteiger partial charge in [0.05, 0.1) is 12.2 Å². The maximum absolute atomic E-state index is 10.2. The van der Waals surface area contributed by atoms with E-state index in [2.05, 4.69) is 5.32 Å². The lowest BCUT2D eigenvalue weighted by atomic mass is 10.2. The normalized spacial score (nSPS) is 39.2. The highest BCUT2D eigenvalue weighted by molar-refractivity contribution is 5.12. The van der Waals surface area contributed by atoms with Gasteiger partial charge >= 0.3 is 0 Å². The minimum atomic E-state index is 0.0353. The minimum absolute atomic E-state index is 0.0353. The van der Waals surface area contributed by atoms with Crippen LogP contribution in [0, 0.1) is 0 Å². The monoisotopic (exact) mass is 170 g/mol. The summed E-state index contributed by atoms with van der Waals surface area (Å²) in [4.78, 5) is 0. The Hall–Kier alpha value is -0.120. The van der Waals surface area contributed by atoms with Crippen LogP contribution in [0.1, 0.15) is 25.7 Å². The summed E-state index contributed by atoms with van der Waals surface area (Å²) in [5, 5.41) is 13.5. The van der Waals surface area contributed by atoms with Crippen molar-refractivity contribution in [2.75, 3.05) is 19.8 Å². The molecule has 1 aliphatic heterocycles. The molecule has 0 amide bonds. The number of hydrogen-bond donors (Lipinski definition) is 1. The second-order valence-corrected chi connectivity index (χ2v) is 3.79. The van der Waals surface area contributed by atoms with Gasteiger partial charge in [0, 0.05) is 12.6 Å². The molecule has 1 heterocycles. The van der Waals surface area contributed by atoms with Gasteiger partial charge in [-0.25, -0.2) is 5.11 Å². The molecule has 2 aliphatic rings. The fraction of sp³-hybridized carbons (Fsp3) is 1.00. The van der Waals surface area contributed by atoms with Gasteiger partial charge in [-0.2, -0.15) is 0 Å². The molecule has 2 atom stereocenters. The smallest absolute Gasteiger partial charge is 0.0852 e. The lowest BCUT2D eigenvalue weighted by molar-refractivity contribution is 0.0815. The average Bonchev–Trinajstić information content (AvgIpc) is 2.53. The summed E-state index contributed by atoms with van der Waals surface area (Å²) < 4.78 is 5.65. The molecule has 0 aromatic heterocycles. The zero-order chi connectivity index (χ0) is 8.44. The van der Waals surface area contributed by atoms with E-state index in [4.69, 9.17) is 4.74 Å². The molecule has 1 N–H and O–H groups in total. The fourth-order valence-corrected chi connectivity index (χ4v) is 2.05. The number of rotatable bonds is 4. The molecule has 0 bridgehead atoms. The van der Waals surface area contributed by atoms with Gasteiger partial charge in [0.25, 0.3) is 0 Å². The van der Waals surface area contributed by atoms with Crippen LogP contribution >= 0.6 is 0 Å². The number of hydrogen-bond acceptors (Lipinski definition) is 2.